The van der Waals surface area contributed by atoms with Gasteiger partial charge in [0.1, 0.15) is 0 Å². The molecule has 5 heteroatoms. The quantitative estimate of drug-likeness (QED) is 0.277. The van der Waals surface area contributed by atoms with Gasteiger partial charge < -0.3 is 5.32 Å². The number of alkyl halides is 3. The van der Waals surface area contributed by atoms with Crippen LogP contribution in [0, 0.1) is 0 Å². The van der Waals surface area contributed by atoms with Gasteiger partial charge in [-0.2, -0.15) is 0 Å². The summed E-state index contributed by atoms with van der Waals surface area (Å²) < 4.78 is -1.89. The molecular formula is C16H28Cl3NO. The third kappa shape index (κ3) is 12.3. The van der Waals surface area contributed by atoms with E-state index in [1.165, 1.54) is 44.9 Å². The maximum absolute atomic E-state index is 11.6. The summed E-state index contributed by atoms with van der Waals surface area (Å²) in [5, 5.41) is 2.76. The van der Waals surface area contributed by atoms with E-state index in [-0.39, 0.29) is 6.04 Å². The summed E-state index contributed by atoms with van der Waals surface area (Å²) in [6, 6.07) is -0.0572. The van der Waals surface area contributed by atoms with E-state index in [1.54, 1.807) is 0 Å². The van der Waals surface area contributed by atoms with Crippen molar-refractivity contribution in [3.63, 3.8) is 0 Å². The fourth-order valence-corrected chi connectivity index (χ4v) is 2.36. The van der Waals surface area contributed by atoms with Crippen LogP contribution in [0.1, 0.15) is 71.6 Å². The number of hydrogen-bond acceptors (Lipinski definition) is 1. The van der Waals surface area contributed by atoms with E-state index >= 15 is 0 Å². The molecule has 0 aliphatic heterocycles. The van der Waals surface area contributed by atoms with Gasteiger partial charge in [0.25, 0.3) is 9.70 Å². The van der Waals surface area contributed by atoms with Crippen molar-refractivity contribution in [1.29, 1.82) is 0 Å². The average molecular weight is 357 g/mol. The molecule has 21 heavy (non-hydrogen) atoms. The molecule has 2 nitrogen and oxygen atoms in total. The fourth-order valence-electron chi connectivity index (χ4n) is 2.20. The Balaban J connectivity index is 3.83. The Labute approximate surface area is 144 Å². The number of carbonyl (C=O) groups is 1. The van der Waals surface area contributed by atoms with Crippen molar-refractivity contribution in [3.05, 3.63) is 12.2 Å². The summed E-state index contributed by atoms with van der Waals surface area (Å²) in [6.07, 6.45) is 14.8. The highest BCUT2D eigenvalue weighted by Crippen LogP contribution is 2.26. The van der Waals surface area contributed by atoms with Gasteiger partial charge >= 0.3 is 0 Å². The van der Waals surface area contributed by atoms with Crippen LogP contribution in [0.4, 0.5) is 0 Å². The Morgan fingerprint density at radius 2 is 1.57 bits per heavy atom. The summed E-state index contributed by atoms with van der Waals surface area (Å²) in [5.41, 5.74) is 0. The lowest BCUT2D eigenvalue weighted by Crippen LogP contribution is -2.40. The third-order valence-electron chi connectivity index (χ3n) is 3.37. The van der Waals surface area contributed by atoms with E-state index < -0.39 is 9.70 Å². The van der Waals surface area contributed by atoms with Gasteiger partial charge in [0.2, 0.25) is 0 Å². The van der Waals surface area contributed by atoms with Gasteiger partial charge in [-0.3, -0.25) is 4.79 Å². The van der Waals surface area contributed by atoms with E-state index in [2.05, 4.69) is 12.2 Å². The van der Waals surface area contributed by atoms with E-state index in [0.717, 1.165) is 12.8 Å². The number of amides is 1. The molecule has 1 N–H and O–H groups in total. The molecule has 1 unspecified atom stereocenters. The van der Waals surface area contributed by atoms with Crippen LogP contribution in [-0.2, 0) is 4.79 Å². The number of carbonyl (C=O) groups excluding carboxylic acids is 1. The van der Waals surface area contributed by atoms with Crippen LogP contribution in [0.2, 0.25) is 0 Å². The van der Waals surface area contributed by atoms with E-state index in [1.807, 2.05) is 19.1 Å². The number of allylic oxidation sites excluding steroid dienone is 1. The predicted octanol–water partition coefficient (Wildman–Crippen LogP) is 5.95. The molecule has 0 aliphatic rings. The number of unbranched alkanes of at least 4 members (excludes halogenated alkanes) is 7. The molecule has 0 aromatic carbocycles. The predicted molar refractivity (Wildman–Crippen MR) is 94.3 cm³/mol. The smallest absolute Gasteiger partial charge is 0.272 e. The van der Waals surface area contributed by atoms with Gasteiger partial charge in [0.15, 0.2) is 0 Å². The molecular weight excluding hydrogens is 329 g/mol. The zero-order valence-electron chi connectivity index (χ0n) is 13.1. The highest BCUT2D eigenvalue weighted by atomic mass is 35.6. The van der Waals surface area contributed by atoms with Gasteiger partial charge in [-0.1, -0.05) is 105 Å². The lowest BCUT2D eigenvalue weighted by molar-refractivity contribution is -0.120. The molecule has 0 radical (unpaired) electrons. The van der Waals surface area contributed by atoms with Crippen LogP contribution in [-0.4, -0.2) is 15.7 Å². The first-order valence-corrected chi connectivity index (χ1v) is 9.05. The second-order valence-electron chi connectivity index (χ2n) is 5.37. The summed E-state index contributed by atoms with van der Waals surface area (Å²) in [5.74, 6) is -0.560. The first-order valence-electron chi connectivity index (χ1n) is 7.92. The van der Waals surface area contributed by atoms with Crippen LogP contribution in [0.3, 0.4) is 0 Å². The van der Waals surface area contributed by atoms with Crippen molar-refractivity contribution < 1.29 is 4.79 Å². The third-order valence-corrected chi connectivity index (χ3v) is 3.88. The summed E-state index contributed by atoms with van der Waals surface area (Å²) in [4.78, 5) is 11.6. The van der Waals surface area contributed by atoms with Gasteiger partial charge in [-0.15, -0.1) is 0 Å². The van der Waals surface area contributed by atoms with Crippen molar-refractivity contribution in [2.75, 3.05) is 0 Å². The first kappa shape index (κ1) is 21.1. The lowest BCUT2D eigenvalue weighted by atomic mass is 10.0. The Morgan fingerprint density at radius 1 is 1.05 bits per heavy atom. The van der Waals surface area contributed by atoms with E-state index in [4.69, 9.17) is 34.8 Å². The van der Waals surface area contributed by atoms with Crippen LogP contribution in [0.15, 0.2) is 12.2 Å². The second kappa shape index (κ2) is 12.6. The standard InChI is InChI=1S/C16H28Cl3NO/c1-3-5-6-7-8-9-10-11-13-14(12-4-2)20-15(21)16(17,18)19/h4,12,14H,3,5-11,13H2,1-2H3,(H,20,21)/b12-4+. The minimum absolute atomic E-state index is 0.0572. The maximum Gasteiger partial charge on any atom is 0.272 e. The van der Waals surface area contributed by atoms with Crippen molar-refractivity contribution >= 4 is 40.7 Å². The second-order valence-corrected chi connectivity index (χ2v) is 7.65. The molecule has 0 rings (SSSR count). The molecule has 0 aromatic heterocycles. The molecule has 1 atom stereocenters. The molecule has 124 valence electrons. The van der Waals surface area contributed by atoms with Crippen LogP contribution in [0.5, 0.6) is 0 Å². The zero-order chi connectivity index (χ0) is 16.1. The lowest BCUT2D eigenvalue weighted by Gasteiger charge is -2.18. The van der Waals surface area contributed by atoms with Gasteiger partial charge in [-0.25, -0.2) is 0 Å². The van der Waals surface area contributed by atoms with E-state index in [9.17, 15) is 4.79 Å². The van der Waals surface area contributed by atoms with Crippen molar-refractivity contribution in [2.45, 2.75) is 81.5 Å². The molecule has 1 amide bonds. The van der Waals surface area contributed by atoms with Crippen LogP contribution < -0.4 is 5.32 Å². The van der Waals surface area contributed by atoms with Gasteiger partial charge in [-0.05, 0) is 13.3 Å². The number of nitrogens with one attached hydrogen (secondary N) is 1. The largest absolute Gasteiger partial charge is 0.346 e. The molecule has 0 heterocycles. The topological polar surface area (TPSA) is 29.1 Å². The average Bonchev–Trinajstić information content (AvgIpc) is 2.40. The highest BCUT2D eigenvalue weighted by molar-refractivity contribution is 6.76. The Kier molecular flexibility index (Phi) is 12.7. The Bertz CT molecular complexity index is 300. The molecule has 0 saturated heterocycles. The molecule has 0 bridgehead atoms. The molecule has 0 aromatic rings. The molecule has 0 spiro atoms. The summed E-state index contributed by atoms with van der Waals surface area (Å²) in [6.45, 7) is 4.15. The molecule has 0 saturated carbocycles. The first-order chi connectivity index (χ1) is 9.91. The maximum atomic E-state index is 11.6. The van der Waals surface area contributed by atoms with Crippen molar-refractivity contribution in [3.8, 4) is 0 Å². The Morgan fingerprint density at radius 3 is 2.05 bits per heavy atom. The fraction of sp³-hybridized carbons (Fsp3) is 0.812. The van der Waals surface area contributed by atoms with Crippen LogP contribution in [0.25, 0.3) is 0 Å². The monoisotopic (exact) mass is 355 g/mol. The van der Waals surface area contributed by atoms with Crippen molar-refractivity contribution in [1.82, 2.24) is 5.32 Å². The molecule has 0 fully saturated rings. The van der Waals surface area contributed by atoms with Gasteiger partial charge in [0, 0.05) is 6.04 Å². The minimum atomic E-state index is -1.89. The normalized spacial score (nSPS) is 13.6. The van der Waals surface area contributed by atoms with Crippen molar-refractivity contribution in [2.24, 2.45) is 0 Å². The highest BCUT2D eigenvalue weighted by Gasteiger charge is 2.31. The zero-order valence-corrected chi connectivity index (χ0v) is 15.4. The number of halogens is 3. The molecule has 0 aliphatic carbocycles. The minimum Gasteiger partial charge on any atom is -0.346 e. The van der Waals surface area contributed by atoms with Crippen LogP contribution >= 0.6 is 34.8 Å². The summed E-state index contributed by atoms with van der Waals surface area (Å²) >= 11 is 16.7. The Hall–Kier alpha value is 0.0800. The van der Waals surface area contributed by atoms with Gasteiger partial charge in [0.05, 0.1) is 0 Å². The SMILES string of the molecule is C/C=C/C(CCCCCCCCCC)NC(=O)C(Cl)(Cl)Cl. The number of rotatable bonds is 11. The summed E-state index contributed by atoms with van der Waals surface area (Å²) in [7, 11) is 0. The van der Waals surface area contributed by atoms with E-state index in [0.29, 0.717) is 0 Å². The number of hydrogen-bond donors (Lipinski definition) is 1.